The van der Waals surface area contributed by atoms with Crippen molar-refractivity contribution in [1.82, 2.24) is 34.1 Å². The summed E-state index contributed by atoms with van der Waals surface area (Å²) in [5, 5.41) is 14.9. The van der Waals surface area contributed by atoms with Crippen molar-refractivity contribution in [3.8, 4) is 5.82 Å². The zero-order valence-electron chi connectivity index (χ0n) is 26.3. The Morgan fingerprint density at radius 2 is 1.80 bits per heavy atom. The summed E-state index contributed by atoms with van der Waals surface area (Å²) in [7, 11) is 2.22. The molecule has 7 rings (SSSR count). The number of pyridine rings is 1. The van der Waals surface area contributed by atoms with Crippen molar-refractivity contribution in [3.05, 3.63) is 76.9 Å². The number of benzene rings is 1. The summed E-state index contributed by atoms with van der Waals surface area (Å²) in [5.74, 6) is 0.916. The lowest BCUT2D eigenvalue weighted by atomic mass is 9.98. The van der Waals surface area contributed by atoms with Gasteiger partial charge in [0.15, 0.2) is 11.5 Å². The Bertz CT molecular complexity index is 1750. The molecule has 0 radical (unpaired) electrons. The summed E-state index contributed by atoms with van der Waals surface area (Å²) < 4.78 is 3.28. The molecule has 2 aliphatic heterocycles. The van der Waals surface area contributed by atoms with Gasteiger partial charge in [0.25, 0.3) is 5.56 Å². The number of allylic oxidation sites excluding steroid dienone is 1. The number of likely N-dealkylation sites (tertiary alicyclic amines) is 1. The van der Waals surface area contributed by atoms with Gasteiger partial charge in [0.1, 0.15) is 11.0 Å². The molecule has 5 heterocycles. The van der Waals surface area contributed by atoms with Gasteiger partial charge in [0.2, 0.25) is 5.95 Å². The molecule has 0 spiro atoms. The first kappa shape index (κ1) is 29.6. The standard InChI is InChI=1S/C34H43N9O2/c1-4-16-42-32(44)28-23-35-33(38-31(28)43(42)29-11-6-24-12-15-34(45,5-2)30(24)37-29)36-25-7-9-26(10-8-25)40-19-21-41(22-20-40)27-13-17-39(3)18-14-27/h4,6-11,23,27,45H,1,5,12-22H2,2-3H3,(H,35,36,38)/t34-/m1/s1. The monoisotopic (exact) mass is 609 g/mol. The van der Waals surface area contributed by atoms with E-state index in [1.165, 1.54) is 31.6 Å². The van der Waals surface area contributed by atoms with E-state index in [1.54, 1.807) is 21.6 Å². The SMILES string of the molecule is C=CCn1c(=O)c2cnc(Nc3ccc(N4CCN(C5CCN(C)CC5)CC4)cc3)nc2n1-c1ccc2c(n1)[C@@](O)(CC)CC2. The smallest absolute Gasteiger partial charge is 0.278 e. The number of piperazine rings is 1. The predicted octanol–water partition coefficient (Wildman–Crippen LogP) is 3.67. The summed E-state index contributed by atoms with van der Waals surface area (Å²) in [6.07, 6.45) is 7.78. The van der Waals surface area contributed by atoms with Gasteiger partial charge in [-0.2, -0.15) is 4.98 Å². The average Bonchev–Trinajstić information content (AvgIpc) is 3.55. The Labute approximate surface area is 263 Å². The maximum absolute atomic E-state index is 13.4. The minimum Gasteiger partial charge on any atom is -0.384 e. The first-order chi connectivity index (χ1) is 21.9. The lowest BCUT2D eigenvalue weighted by Crippen LogP contribution is -2.52. The number of nitrogens with one attached hydrogen (secondary N) is 1. The fourth-order valence-corrected chi connectivity index (χ4v) is 7.20. The molecule has 3 aromatic heterocycles. The van der Waals surface area contributed by atoms with Crippen LogP contribution in [0.2, 0.25) is 0 Å². The number of hydrogen-bond acceptors (Lipinski definition) is 9. The van der Waals surface area contributed by atoms with Crippen molar-refractivity contribution in [3.63, 3.8) is 0 Å². The third-order valence-corrected chi connectivity index (χ3v) is 10.00. The maximum Gasteiger partial charge on any atom is 0.278 e. The van der Waals surface area contributed by atoms with E-state index in [2.05, 4.69) is 62.9 Å². The van der Waals surface area contributed by atoms with Crippen LogP contribution in [0.1, 0.15) is 43.9 Å². The fraction of sp³-hybridized carbons (Fsp3) is 0.471. The molecule has 3 aliphatic rings. The van der Waals surface area contributed by atoms with E-state index in [9.17, 15) is 9.90 Å². The fourth-order valence-electron chi connectivity index (χ4n) is 7.20. The van der Waals surface area contributed by atoms with Crippen LogP contribution in [0.15, 0.2) is 60.0 Å². The molecular formula is C34H43N9O2. The number of nitrogens with zero attached hydrogens (tertiary/aromatic N) is 8. The van der Waals surface area contributed by atoms with Gasteiger partial charge in [-0.25, -0.2) is 19.3 Å². The molecule has 1 aromatic carbocycles. The van der Waals surface area contributed by atoms with Crippen LogP contribution < -0.4 is 15.8 Å². The number of fused-ring (bicyclic) bond motifs is 2. The zero-order chi connectivity index (χ0) is 31.1. The van der Waals surface area contributed by atoms with Gasteiger partial charge in [0.05, 0.1) is 12.2 Å². The normalized spacial score (nSPS) is 21.4. The van der Waals surface area contributed by atoms with Crippen LogP contribution in [-0.2, 0) is 18.6 Å². The Morgan fingerprint density at radius 3 is 2.51 bits per heavy atom. The molecule has 2 fully saturated rings. The minimum atomic E-state index is -0.966. The Morgan fingerprint density at radius 1 is 1.04 bits per heavy atom. The molecule has 0 bridgehead atoms. The second-order valence-corrected chi connectivity index (χ2v) is 12.7. The van der Waals surface area contributed by atoms with E-state index in [0.29, 0.717) is 41.3 Å². The number of anilines is 3. The summed E-state index contributed by atoms with van der Waals surface area (Å²) in [5.41, 5.74) is 3.06. The van der Waals surface area contributed by atoms with Crippen molar-refractivity contribution >= 4 is 28.4 Å². The van der Waals surface area contributed by atoms with Crippen LogP contribution in [0.25, 0.3) is 16.9 Å². The molecule has 0 amide bonds. The Hall–Kier alpha value is -4.06. The third kappa shape index (κ3) is 5.53. The highest BCUT2D eigenvalue weighted by Crippen LogP contribution is 2.38. The van der Waals surface area contributed by atoms with Crippen LogP contribution in [0.4, 0.5) is 17.3 Å². The van der Waals surface area contributed by atoms with Crippen LogP contribution in [0, 0.1) is 0 Å². The van der Waals surface area contributed by atoms with Crippen molar-refractivity contribution in [2.75, 3.05) is 56.5 Å². The number of aryl methyl sites for hydroxylation is 1. The highest BCUT2D eigenvalue weighted by Gasteiger charge is 2.37. The number of aromatic nitrogens is 5. The van der Waals surface area contributed by atoms with Crippen LogP contribution >= 0.6 is 0 Å². The third-order valence-electron chi connectivity index (χ3n) is 10.00. The van der Waals surface area contributed by atoms with Crippen molar-refractivity contribution in [2.24, 2.45) is 0 Å². The van der Waals surface area contributed by atoms with Crippen molar-refractivity contribution < 1.29 is 5.11 Å². The van der Waals surface area contributed by atoms with Crippen LogP contribution in [0.5, 0.6) is 0 Å². The summed E-state index contributed by atoms with van der Waals surface area (Å²) >= 11 is 0. The molecular weight excluding hydrogens is 566 g/mol. The number of hydrogen-bond donors (Lipinski definition) is 2. The molecule has 2 N–H and O–H groups in total. The average molecular weight is 610 g/mol. The van der Waals surface area contributed by atoms with Gasteiger partial charge >= 0.3 is 0 Å². The summed E-state index contributed by atoms with van der Waals surface area (Å²) in [6, 6.07) is 13.0. The van der Waals surface area contributed by atoms with E-state index in [4.69, 9.17) is 9.97 Å². The van der Waals surface area contributed by atoms with Crippen molar-refractivity contribution in [2.45, 2.75) is 57.2 Å². The maximum atomic E-state index is 13.4. The predicted molar refractivity (Wildman–Crippen MR) is 178 cm³/mol. The molecule has 0 unspecified atom stereocenters. The van der Waals surface area contributed by atoms with Gasteiger partial charge in [-0.3, -0.25) is 9.69 Å². The van der Waals surface area contributed by atoms with E-state index in [0.717, 1.165) is 49.9 Å². The van der Waals surface area contributed by atoms with Crippen LogP contribution in [0.3, 0.4) is 0 Å². The van der Waals surface area contributed by atoms with Gasteiger partial charge in [0, 0.05) is 49.8 Å². The van der Waals surface area contributed by atoms with E-state index < -0.39 is 5.60 Å². The topological polar surface area (TPSA) is 108 Å². The lowest BCUT2D eigenvalue weighted by molar-refractivity contribution is 0.0306. The van der Waals surface area contributed by atoms with E-state index >= 15 is 0 Å². The first-order valence-electron chi connectivity index (χ1n) is 16.2. The van der Waals surface area contributed by atoms with Gasteiger partial charge in [-0.1, -0.05) is 19.1 Å². The van der Waals surface area contributed by atoms with Gasteiger partial charge < -0.3 is 20.2 Å². The molecule has 0 saturated carbocycles. The van der Waals surface area contributed by atoms with Gasteiger partial charge in [-0.15, -0.1) is 6.58 Å². The number of piperidine rings is 1. The van der Waals surface area contributed by atoms with Crippen molar-refractivity contribution in [1.29, 1.82) is 0 Å². The molecule has 236 valence electrons. The second kappa shape index (κ2) is 12.0. The largest absolute Gasteiger partial charge is 0.384 e. The minimum absolute atomic E-state index is 0.218. The molecule has 2 saturated heterocycles. The second-order valence-electron chi connectivity index (χ2n) is 12.7. The molecule has 1 aliphatic carbocycles. The number of rotatable bonds is 8. The zero-order valence-corrected chi connectivity index (χ0v) is 26.3. The lowest BCUT2D eigenvalue weighted by Gasteiger charge is -2.42. The molecule has 11 nitrogen and oxygen atoms in total. The van der Waals surface area contributed by atoms with E-state index in [1.807, 2.05) is 19.1 Å². The molecule has 4 aromatic rings. The highest BCUT2D eigenvalue weighted by molar-refractivity contribution is 5.77. The molecule has 45 heavy (non-hydrogen) atoms. The Kier molecular flexibility index (Phi) is 7.93. The molecule has 1 atom stereocenters. The highest BCUT2D eigenvalue weighted by atomic mass is 16.3. The van der Waals surface area contributed by atoms with Gasteiger partial charge in [-0.05, 0) is 88.1 Å². The summed E-state index contributed by atoms with van der Waals surface area (Å²) in [6.45, 7) is 12.8. The Balaban J connectivity index is 1.11. The quantitative estimate of drug-likeness (QED) is 0.290. The molecule has 11 heteroatoms. The van der Waals surface area contributed by atoms with E-state index in [-0.39, 0.29) is 12.1 Å². The van der Waals surface area contributed by atoms with Crippen LogP contribution in [-0.4, -0.2) is 91.6 Å². The summed E-state index contributed by atoms with van der Waals surface area (Å²) in [4.78, 5) is 35.1. The first-order valence-corrected chi connectivity index (χ1v) is 16.2. The number of aliphatic hydroxyl groups is 1.